The third kappa shape index (κ3) is 6.06. The number of carbonyl (C=O) groups excluding carboxylic acids is 1. The smallest absolute Gasteiger partial charge is 0.238 e. The van der Waals surface area contributed by atoms with Gasteiger partial charge in [0.2, 0.25) is 5.91 Å². The van der Waals surface area contributed by atoms with Crippen molar-refractivity contribution in [3.8, 4) is 5.75 Å². The molecule has 0 spiro atoms. The van der Waals surface area contributed by atoms with Gasteiger partial charge in [-0.1, -0.05) is 28.1 Å². The van der Waals surface area contributed by atoms with E-state index in [0.29, 0.717) is 6.54 Å². The summed E-state index contributed by atoms with van der Waals surface area (Å²) in [5, 5.41) is 3.03. The molecule has 28 heavy (non-hydrogen) atoms. The Bertz CT molecular complexity index is 787. The lowest BCUT2D eigenvalue weighted by molar-refractivity contribution is -0.117. The molecule has 0 saturated carbocycles. The van der Waals surface area contributed by atoms with E-state index in [9.17, 15) is 4.79 Å². The summed E-state index contributed by atoms with van der Waals surface area (Å²) in [7, 11) is 1.69. The summed E-state index contributed by atoms with van der Waals surface area (Å²) in [4.78, 5) is 17.1. The molecule has 0 atom stereocenters. The fourth-order valence-electron chi connectivity index (χ4n) is 3.41. The molecule has 2 aromatic carbocycles. The zero-order valence-electron chi connectivity index (χ0n) is 16.6. The van der Waals surface area contributed by atoms with E-state index in [2.05, 4.69) is 43.2 Å². The van der Waals surface area contributed by atoms with Gasteiger partial charge >= 0.3 is 0 Å². The maximum absolute atomic E-state index is 12.4. The van der Waals surface area contributed by atoms with Crippen LogP contribution in [0.25, 0.3) is 0 Å². The Hall–Kier alpha value is -1.89. The van der Waals surface area contributed by atoms with E-state index in [1.165, 1.54) is 5.56 Å². The van der Waals surface area contributed by atoms with E-state index in [1.54, 1.807) is 7.11 Å². The maximum atomic E-state index is 12.4. The molecular weight excluding hydrogens is 418 g/mol. The largest absolute Gasteiger partial charge is 0.497 e. The van der Waals surface area contributed by atoms with Gasteiger partial charge in [-0.15, -0.1) is 0 Å². The Morgan fingerprint density at radius 2 is 1.75 bits per heavy atom. The standard InChI is InChI=1S/C22H28BrN3O2/c1-17-15-19(23)5-8-21(17)24-22(27)16-26-13-11-25(12-14-26)10-9-18-3-6-20(28-2)7-4-18/h3-8,15H,9-14,16H2,1-2H3,(H,24,27). The number of ether oxygens (including phenoxy) is 1. The highest BCUT2D eigenvalue weighted by molar-refractivity contribution is 9.10. The van der Waals surface area contributed by atoms with Crippen molar-refractivity contribution in [3.63, 3.8) is 0 Å². The molecule has 1 aliphatic rings. The second-order valence-corrected chi connectivity index (χ2v) is 8.14. The van der Waals surface area contributed by atoms with E-state index >= 15 is 0 Å². The van der Waals surface area contributed by atoms with Crippen molar-refractivity contribution < 1.29 is 9.53 Å². The first-order valence-electron chi connectivity index (χ1n) is 9.67. The summed E-state index contributed by atoms with van der Waals surface area (Å²) in [6.45, 7) is 7.35. The van der Waals surface area contributed by atoms with Crippen LogP contribution in [-0.4, -0.2) is 62.1 Å². The predicted octanol–water partition coefficient (Wildman–Crippen LogP) is 3.56. The van der Waals surface area contributed by atoms with Gasteiger partial charge in [0.05, 0.1) is 13.7 Å². The summed E-state index contributed by atoms with van der Waals surface area (Å²) in [5.41, 5.74) is 3.27. The molecular formula is C22H28BrN3O2. The Morgan fingerprint density at radius 3 is 2.39 bits per heavy atom. The number of halogens is 1. The zero-order chi connectivity index (χ0) is 19.9. The van der Waals surface area contributed by atoms with Crippen LogP contribution in [-0.2, 0) is 11.2 Å². The number of benzene rings is 2. The number of nitrogens with zero attached hydrogens (tertiary/aromatic N) is 2. The van der Waals surface area contributed by atoms with Gasteiger partial charge < -0.3 is 15.0 Å². The molecule has 0 bridgehead atoms. The minimum absolute atomic E-state index is 0.0529. The van der Waals surface area contributed by atoms with Crippen LogP contribution < -0.4 is 10.1 Å². The lowest BCUT2D eigenvalue weighted by Crippen LogP contribution is -2.49. The van der Waals surface area contributed by atoms with E-state index in [0.717, 1.165) is 60.6 Å². The highest BCUT2D eigenvalue weighted by Gasteiger charge is 2.19. The first kappa shape index (κ1) is 20.8. The first-order valence-corrected chi connectivity index (χ1v) is 10.5. The van der Waals surface area contributed by atoms with E-state index in [-0.39, 0.29) is 5.91 Å². The number of hydrogen-bond acceptors (Lipinski definition) is 4. The molecule has 1 saturated heterocycles. The van der Waals surface area contributed by atoms with Gasteiger partial charge in [0, 0.05) is 42.9 Å². The van der Waals surface area contributed by atoms with Crippen molar-refractivity contribution in [2.24, 2.45) is 0 Å². The number of hydrogen-bond donors (Lipinski definition) is 1. The molecule has 0 unspecified atom stereocenters. The van der Waals surface area contributed by atoms with Crippen molar-refractivity contribution in [1.29, 1.82) is 0 Å². The lowest BCUT2D eigenvalue weighted by Gasteiger charge is -2.34. The van der Waals surface area contributed by atoms with Crippen molar-refractivity contribution in [1.82, 2.24) is 9.80 Å². The maximum Gasteiger partial charge on any atom is 0.238 e. The van der Waals surface area contributed by atoms with Gasteiger partial charge in [-0.3, -0.25) is 9.69 Å². The molecule has 5 nitrogen and oxygen atoms in total. The van der Waals surface area contributed by atoms with Crippen molar-refractivity contribution >= 4 is 27.5 Å². The summed E-state index contributed by atoms with van der Waals surface area (Å²) in [6.07, 6.45) is 1.04. The van der Waals surface area contributed by atoms with E-state index < -0.39 is 0 Å². The monoisotopic (exact) mass is 445 g/mol. The van der Waals surface area contributed by atoms with Gasteiger partial charge in [0.15, 0.2) is 0 Å². The molecule has 1 aliphatic heterocycles. The normalized spacial score (nSPS) is 15.4. The Labute approximate surface area is 175 Å². The second-order valence-electron chi connectivity index (χ2n) is 7.22. The average molecular weight is 446 g/mol. The fraction of sp³-hybridized carbons (Fsp3) is 0.409. The van der Waals surface area contributed by atoms with E-state index in [4.69, 9.17) is 4.74 Å². The quantitative estimate of drug-likeness (QED) is 0.707. The second kappa shape index (κ2) is 10.0. The van der Waals surface area contributed by atoms with Crippen LogP contribution in [0.4, 0.5) is 5.69 Å². The van der Waals surface area contributed by atoms with Crippen LogP contribution in [0, 0.1) is 6.92 Å². The molecule has 0 aliphatic carbocycles. The molecule has 0 aromatic heterocycles. The SMILES string of the molecule is COc1ccc(CCN2CCN(CC(=O)Nc3ccc(Br)cc3C)CC2)cc1. The number of rotatable bonds is 7. The number of piperazine rings is 1. The van der Waals surface area contributed by atoms with Crippen molar-refractivity contribution in [2.75, 3.05) is 51.7 Å². The van der Waals surface area contributed by atoms with Gasteiger partial charge in [-0.05, 0) is 54.8 Å². The summed E-state index contributed by atoms with van der Waals surface area (Å²) >= 11 is 3.45. The minimum Gasteiger partial charge on any atom is -0.497 e. The lowest BCUT2D eigenvalue weighted by atomic mass is 10.1. The molecule has 0 radical (unpaired) electrons. The number of anilines is 1. The van der Waals surface area contributed by atoms with Crippen LogP contribution in [0.3, 0.4) is 0 Å². The Kier molecular flexibility index (Phi) is 7.48. The zero-order valence-corrected chi connectivity index (χ0v) is 18.2. The number of aryl methyl sites for hydroxylation is 1. The molecule has 1 amide bonds. The van der Waals surface area contributed by atoms with E-state index in [1.807, 2.05) is 37.3 Å². The van der Waals surface area contributed by atoms with Crippen molar-refractivity contribution in [3.05, 3.63) is 58.1 Å². The molecule has 2 aromatic rings. The molecule has 150 valence electrons. The molecule has 1 N–H and O–H groups in total. The summed E-state index contributed by atoms with van der Waals surface area (Å²) in [6, 6.07) is 14.2. The van der Waals surface area contributed by atoms with Crippen molar-refractivity contribution in [2.45, 2.75) is 13.3 Å². The van der Waals surface area contributed by atoms with Gasteiger partial charge in [-0.25, -0.2) is 0 Å². The molecule has 1 heterocycles. The minimum atomic E-state index is 0.0529. The average Bonchev–Trinajstić information content (AvgIpc) is 2.70. The Morgan fingerprint density at radius 1 is 1.07 bits per heavy atom. The number of carbonyl (C=O) groups is 1. The summed E-state index contributed by atoms with van der Waals surface area (Å²) < 4.78 is 6.23. The molecule has 3 rings (SSSR count). The number of amides is 1. The molecule has 1 fully saturated rings. The first-order chi connectivity index (χ1) is 13.5. The van der Waals surface area contributed by atoms with Crippen LogP contribution in [0.5, 0.6) is 5.75 Å². The highest BCUT2D eigenvalue weighted by atomic mass is 79.9. The Balaban J connectivity index is 1.39. The van der Waals surface area contributed by atoms with Gasteiger partial charge in [-0.2, -0.15) is 0 Å². The van der Waals surface area contributed by atoms with Crippen LogP contribution in [0.1, 0.15) is 11.1 Å². The topological polar surface area (TPSA) is 44.8 Å². The van der Waals surface area contributed by atoms with Crippen LogP contribution in [0.2, 0.25) is 0 Å². The number of methoxy groups -OCH3 is 1. The van der Waals surface area contributed by atoms with Crippen LogP contribution >= 0.6 is 15.9 Å². The number of nitrogens with one attached hydrogen (secondary N) is 1. The van der Waals surface area contributed by atoms with Gasteiger partial charge in [0.25, 0.3) is 0 Å². The third-order valence-electron chi connectivity index (χ3n) is 5.17. The fourth-order valence-corrected chi connectivity index (χ4v) is 3.89. The molecule has 6 heteroatoms. The summed E-state index contributed by atoms with van der Waals surface area (Å²) in [5.74, 6) is 0.950. The van der Waals surface area contributed by atoms with Gasteiger partial charge in [0.1, 0.15) is 5.75 Å². The third-order valence-corrected chi connectivity index (χ3v) is 5.66. The predicted molar refractivity (Wildman–Crippen MR) is 117 cm³/mol. The van der Waals surface area contributed by atoms with Crippen LogP contribution in [0.15, 0.2) is 46.9 Å². The highest BCUT2D eigenvalue weighted by Crippen LogP contribution is 2.20.